The molecule has 0 spiro atoms. The zero-order chi connectivity index (χ0) is 27.5. The highest BCUT2D eigenvalue weighted by atomic mass is 35.5. The number of hydrogen-bond donors (Lipinski definition) is 2. The Bertz CT molecular complexity index is 869. The van der Waals surface area contributed by atoms with Gasteiger partial charge in [-0.05, 0) is 64.5 Å². The van der Waals surface area contributed by atoms with Crippen LogP contribution in [0, 0.1) is 17.7 Å². The molecule has 2 aliphatic rings. The summed E-state index contributed by atoms with van der Waals surface area (Å²) in [6.45, 7) is 5.11. The molecule has 2 N–H and O–H groups in total. The monoisotopic (exact) mass is 561 g/mol. The minimum Gasteiger partial charge on any atom is -0.382 e. The van der Waals surface area contributed by atoms with Gasteiger partial charge in [-0.3, -0.25) is 0 Å². The summed E-state index contributed by atoms with van der Waals surface area (Å²) in [5.74, 6) is -2.98. The van der Waals surface area contributed by atoms with Crippen LogP contribution < -0.4 is 10.6 Å². The molecule has 1 heterocycles. The fraction of sp³-hybridized carbons (Fsp3) is 0.750. The molecule has 0 aromatic heterocycles. The minimum absolute atomic E-state index is 0.0474. The Morgan fingerprint density at radius 1 is 1.24 bits per heavy atom. The summed E-state index contributed by atoms with van der Waals surface area (Å²) in [5.41, 5.74) is 0.406. The molecule has 1 aliphatic carbocycles. The van der Waals surface area contributed by atoms with Crippen molar-refractivity contribution in [2.75, 3.05) is 46.5 Å². The maximum atomic E-state index is 15.0. The predicted molar refractivity (Wildman–Crippen MR) is 143 cm³/mol. The number of nitrogens with zero attached hydrogens (tertiary/aromatic N) is 1. The van der Waals surface area contributed by atoms with Crippen LogP contribution in [-0.4, -0.2) is 69.4 Å². The molecule has 6 nitrogen and oxygen atoms in total. The van der Waals surface area contributed by atoms with E-state index in [-0.39, 0.29) is 41.8 Å². The van der Waals surface area contributed by atoms with Crippen LogP contribution in [0.1, 0.15) is 70.0 Å². The third-order valence-corrected chi connectivity index (χ3v) is 7.92. The SMILES string of the molecule is CCOCCCOC(c1cccc(Cl)c1F)[C@@H]1CCCN(C(=O)N[C@H](CNC)CC2CCC(F)(F)CC2)C1. The smallest absolute Gasteiger partial charge is 0.317 e. The van der Waals surface area contributed by atoms with Crippen molar-refractivity contribution in [1.29, 1.82) is 0 Å². The number of carbonyl (C=O) groups excluding carboxylic acids is 1. The van der Waals surface area contributed by atoms with Gasteiger partial charge < -0.3 is 25.0 Å². The number of benzene rings is 1. The molecule has 38 heavy (non-hydrogen) atoms. The first-order valence-electron chi connectivity index (χ1n) is 13.9. The standard InChI is InChI=1S/C28H43ClF3N3O3/c1-3-37-15-6-16-38-26(23-8-4-9-24(29)25(23)30)21-7-5-14-35(19-21)27(36)34-22(18-33-2)17-20-10-12-28(31,32)13-11-20/h4,8-9,20-22,26,33H,3,5-7,10-19H2,1-2H3,(H,34,36)/t21-,22+,26?/m1/s1. The van der Waals surface area contributed by atoms with Gasteiger partial charge in [-0.1, -0.05) is 23.7 Å². The van der Waals surface area contributed by atoms with Gasteiger partial charge in [0, 0.05) is 69.8 Å². The molecule has 1 unspecified atom stereocenters. The Kier molecular flexibility index (Phi) is 12.5. The summed E-state index contributed by atoms with van der Waals surface area (Å²) in [6.07, 6.45) is 3.15. The molecule has 1 saturated heterocycles. The zero-order valence-corrected chi connectivity index (χ0v) is 23.4. The molecule has 1 aliphatic heterocycles. The molecule has 3 rings (SSSR count). The maximum absolute atomic E-state index is 15.0. The molecule has 1 aromatic carbocycles. The number of piperidine rings is 1. The Hall–Kier alpha value is -1.55. The van der Waals surface area contributed by atoms with Gasteiger partial charge in [0.15, 0.2) is 0 Å². The highest BCUT2D eigenvalue weighted by Gasteiger charge is 2.37. The third-order valence-electron chi connectivity index (χ3n) is 7.63. The van der Waals surface area contributed by atoms with Crippen molar-refractivity contribution in [2.45, 2.75) is 76.4 Å². The summed E-state index contributed by atoms with van der Waals surface area (Å²) >= 11 is 6.09. The Morgan fingerprint density at radius 3 is 2.71 bits per heavy atom. The van der Waals surface area contributed by atoms with E-state index in [1.54, 1.807) is 17.0 Å². The second-order valence-electron chi connectivity index (χ2n) is 10.6. The van der Waals surface area contributed by atoms with Gasteiger partial charge in [0.2, 0.25) is 5.92 Å². The molecule has 2 fully saturated rings. The summed E-state index contributed by atoms with van der Waals surface area (Å²) < 4.78 is 53.8. The van der Waals surface area contributed by atoms with Crippen LogP contribution in [0.3, 0.4) is 0 Å². The van der Waals surface area contributed by atoms with E-state index in [9.17, 15) is 13.6 Å². The van der Waals surface area contributed by atoms with E-state index >= 15 is 4.39 Å². The number of rotatable bonds is 13. The van der Waals surface area contributed by atoms with E-state index in [0.29, 0.717) is 70.7 Å². The van der Waals surface area contributed by atoms with E-state index in [0.717, 1.165) is 12.8 Å². The van der Waals surface area contributed by atoms with Crippen molar-refractivity contribution in [3.63, 3.8) is 0 Å². The fourth-order valence-corrected chi connectivity index (χ4v) is 5.80. The molecule has 10 heteroatoms. The van der Waals surface area contributed by atoms with Gasteiger partial charge in [0.1, 0.15) is 5.82 Å². The topological polar surface area (TPSA) is 62.8 Å². The quantitative estimate of drug-likeness (QED) is 0.282. The average molecular weight is 562 g/mol. The van der Waals surface area contributed by atoms with E-state index in [2.05, 4.69) is 10.6 Å². The number of carbonyl (C=O) groups is 1. The molecular weight excluding hydrogens is 519 g/mol. The zero-order valence-electron chi connectivity index (χ0n) is 22.6. The number of nitrogens with one attached hydrogen (secondary N) is 2. The Labute approximate surface area is 229 Å². The molecule has 2 amide bonds. The number of likely N-dealkylation sites (tertiary alicyclic amines) is 1. The highest BCUT2D eigenvalue weighted by Crippen LogP contribution is 2.38. The lowest BCUT2D eigenvalue weighted by atomic mass is 9.83. The van der Waals surface area contributed by atoms with Crippen molar-refractivity contribution in [3.05, 3.63) is 34.6 Å². The van der Waals surface area contributed by atoms with E-state index < -0.39 is 17.8 Å². The largest absolute Gasteiger partial charge is 0.382 e. The molecule has 0 radical (unpaired) electrons. The van der Waals surface area contributed by atoms with Crippen LogP contribution in [0.2, 0.25) is 5.02 Å². The van der Waals surface area contributed by atoms with Gasteiger partial charge in [0.25, 0.3) is 0 Å². The maximum Gasteiger partial charge on any atom is 0.317 e. The van der Waals surface area contributed by atoms with E-state index in [1.165, 1.54) is 6.07 Å². The lowest BCUT2D eigenvalue weighted by Crippen LogP contribution is -2.52. The van der Waals surface area contributed by atoms with Crippen LogP contribution in [0.5, 0.6) is 0 Å². The molecule has 1 saturated carbocycles. The first-order valence-corrected chi connectivity index (χ1v) is 14.3. The molecule has 3 atom stereocenters. The fourth-order valence-electron chi connectivity index (χ4n) is 5.62. The van der Waals surface area contributed by atoms with Gasteiger partial charge in [-0.25, -0.2) is 18.0 Å². The van der Waals surface area contributed by atoms with E-state index in [1.807, 2.05) is 14.0 Å². The first kappa shape index (κ1) is 31.0. The van der Waals surface area contributed by atoms with Crippen LogP contribution >= 0.6 is 11.6 Å². The summed E-state index contributed by atoms with van der Waals surface area (Å²) in [7, 11) is 1.82. The second kappa shape index (κ2) is 15.3. The van der Waals surface area contributed by atoms with Crippen molar-refractivity contribution in [2.24, 2.45) is 11.8 Å². The summed E-state index contributed by atoms with van der Waals surface area (Å²) in [4.78, 5) is 15.1. The average Bonchev–Trinajstić information content (AvgIpc) is 2.89. The van der Waals surface area contributed by atoms with Gasteiger partial charge in [0.05, 0.1) is 11.1 Å². The minimum atomic E-state index is -2.56. The van der Waals surface area contributed by atoms with Gasteiger partial charge >= 0.3 is 6.03 Å². The normalized spacial score (nSPS) is 21.7. The van der Waals surface area contributed by atoms with Crippen LogP contribution in [0.15, 0.2) is 18.2 Å². The van der Waals surface area contributed by atoms with Crippen LogP contribution in [0.25, 0.3) is 0 Å². The Morgan fingerprint density at radius 2 is 2.00 bits per heavy atom. The van der Waals surface area contributed by atoms with Gasteiger partial charge in [-0.2, -0.15) is 0 Å². The molecular formula is C28H43ClF3N3O3. The van der Waals surface area contributed by atoms with Crippen LogP contribution in [-0.2, 0) is 9.47 Å². The summed E-state index contributed by atoms with van der Waals surface area (Å²) in [6, 6.07) is 4.60. The Balaban J connectivity index is 1.64. The highest BCUT2D eigenvalue weighted by molar-refractivity contribution is 6.30. The number of hydrogen-bond acceptors (Lipinski definition) is 4. The number of alkyl halides is 2. The van der Waals surface area contributed by atoms with Crippen molar-refractivity contribution >= 4 is 17.6 Å². The molecule has 0 bridgehead atoms. The number of likely N-dealkylation sites (N-methyl/N-ethyl adjacent to an activating group) is 1. The van der Waals surface area contributed by atoms with Gasteiger partial charge in [-0.15, -0.1) is 0 Å². The number of amides is 2. The van der Waals surface area contributed by atoms with E-state index in [4.69, 9.17) is 21.1 Å². The lowest BCUT2D eigenvalue weighted by molar-refractivity contribution is -0.0473. The second-order valence-corrected chi connectivity index (χ2v) is 11.0. The lowest BCUT2D eigenvalue weighted by Gasteiger charge is -2.38. The first-order chi connectivity index (χ1) is 18.2. The van der Waals surface area contributed by atoms with Crippen LogP contribution in [0.4, 0.5) is 18.0 Å². The number of halogens is 4. The predicted octanol–water partition coefficient (Wildman–Crippen LogP) is 6.19. The third kappa shape index (κ3) is 9.28. The molecule has 216 valence electrons. The number of ether oxygens (including phenoxy) is 2. The van der Waals surface area contributed by atoms with Crippen molar-refractivity contribution < 1.29 is 27.4 Å². The summed E-state index contributed by atoms with van der Waals surface area (Å²) in [5, 5.41) is 6.29. The van der Waals surface area contributed by atoms with Crippen molar-refractivity contribution in [3.8, 4) is 0 Å². The molecule has 1 aromatic rings. The number of urea groups is 1. The van der Waals surface area contributed by atoms with Crippen molar-refractivity contribution in [1.82, 2.24) is 15.5 Å².